The maximum atomic E-state index is 4.84. The Kier molecular flexibility index (Phi) is 5.36. The van der Waals surface area contributed by atoms with Crippen molar-refractivity contribution in [3.05, 3.63) is 31.0 Å². The highest BCUT2D eigenvalue weighted by atomic mass is 16.5. The summed E-state index contributed by atoms with van der Waals surface area (Å²) < 4.78 is 4.84. The van der Waals surface area contributed by atoms with Crippen molar-refractivity contribution >= 4 is 11.5 Å². The second-order valence-corrected chi connectivity index (χ2v) is 2.67. The van der Waals surface area contributed by atoms with E-state index in [0.717, 1.165) is 5.69 Å². The summed E-state index contributed by atoms with van der Waals surface area (Å²) in [5.74, 6) is 0.645. The lowest BCUT2D eigenvalue weighted by Gasteiger charge is -2.03. The normalized spacial score (nSPS) is 8.88. The molecular weight excluding hydrogens is 218 g/mol. The van der Waals surface area contributed by atoms with Crippen LogP contribution >= 0.6 is 0 Å². The highest BCUT2D eigenvalue weighted by Crippen LogP contribution is 2.11. The van der Waals surface area contributed by atoms with Gasteiger partial charge in [0.15, 0.2) is 0 Å². The maximum absolute atomic E-state index is 4.84. The van der Waals surface area contributed by atoms with E-state index in [9.17, 15) is 0 Å². The summed E-state index contributed by atoms with van der Waals surface area (Å²) in [5.41, 5.74) is 0.733. The Morgan fingerprint density at radius 2 is 1.71 bits per heavy atom. The third-order valence-electron chi connectivity index (χ3n) is 1.65. The van der Waals surface area contributed by atoms with E-state index < -0.39 is 0 Å². The van der Waals surface area contributed by atoms with Gasteiger partial charge in [0.1, 0.15) is 5.82 Å². The molecule has 2 aromatic heterocycles. The molecule has 0 unspecified atom stereocenters. The van der Waals surface area contributed by atoms with Gasteiger partial charge >= 0.3 is 6.01 Å². The Bertz CT molecular complexity index is 418. The lowest BCUT2D eigenvalue weighted by Crippen LogP contribution is -1.97. The molecule has 0 aromatic carbocycles. The first-order chi connectivity index (χ1) is 8.38. The third-order valence-corrected chi connectivity index (χ3v) is 1.65. The van der Waals surface area contributed by atoms with Crippen molar-refractivity contribution in [2.45, 2.75) is 13.8 Å². The molecular formula is C11H15N5O. The number of nitrogens with one attached hydrogen (secondary N) is 1. The van der Waals surface area contributed by atoms with E-state index >= 15 is 0 Å². The van der Waals surface area contributed by atoms with Crippen LogP contribution in [0.1, 0.15) is 13.8 Å². The number of ether oxygens (including phenoxy) is 1. The van der Waals surface area contributed by atoms with Crippen LogP contribution in [-0.4, -0.2) is 27.0 Å². The Balaban J connectivity index is 0.000000686. The number of hydrogen-bond donors (Lipinski definition) is 1. The fourth-order valence-corrected chi connectivity index (χ4v) is 0.998. The highest BCUT2D eigenvalue weighted by Gasteiger charge is 1.97. The SMILES string of the molecule is CC.COc1ncc(Nc2cnccn2)cn1. The molecule has 0 aliphatic carbocycles. The van der Waals surface area contributed by atoms with E-state index in [1.807, 2.05) is 13.8 Å². The number of anilines is 2. The average molecular weight is 233 g/mol. The van der Waals surface area contributed by atoms with Gasteiger partial charge in [0.2, 0.25) is 0 Å². The standard InChI is InChI=1S/C9H9N5O.C2H6/c1-15-9-12-4-7(5-13-9)14-8-6-10-2-3-11-8;1-2/h2-6H,1H3,(H,11,14);1-2H3. The maximum Gasteiger partial charge on any atom is 0.316 e. The topological polar surface area (TPSA) is 72.8 Å². The van der Waals surface area contributed by atoms with Gasteiger partial charge in [-0.3, -0.25) is 4.98 Å². The zero-order valence-corrected chi connectivity index (χ0v) is 10.1. The smallest absolute Gasteiger partial charge is 0.316 e. The fourth-order valence-electron chi connectivity index (χ4n) is 0.998. The molecule has 0 aliphatic rings. The average Bonchev–Trinajstić information content (AvgIpc) is 2.43. The van der Waals surface area contributed by atoms with Gasteiger partial charge in [-0.2, -0.15) is 0 Å². The van der Waals surface area contributed by atoms with E-state index in [-0.39, 0.29) is 0 Å². The molecule has 1 N–H and O–H groups in total. The van der Waals surface area contributed by atoms with E-state index in [0.29, 0.717) is 11.8 Å². The van der Waals surface area contributed by atoms with E-state index in [4.69, 9.17) is 4.74 Å². The summed E-state index contributed by atoms with van der Waals surface area (Å²) in [7, 11) is 1.52. The van der Waals surface area contributed by atoms with Crippen LogP contribution in [0, 0.1) is 0 Å². The Morgan fingerprint density at radius 3 is 2.24 bits per heavy atom. The van der Waals surface area contributed by atoms with Crippen LogP contribution in [-0.2, 0) is 0 Å². The van der Waals surface area contributed by atoms with Crippen LogP contribution in [0.2, 0.25) is 0 Å². The molecule has 6 heteroatoms. The minimum Gasteiger partial charge on any atom is -0.467 e. The van der Waals surface area contributed by atoms with Gasteiger partial charge in [-0.05, 0) is 0 Å². The van der Waals surface area contributed by atoms with Gasteiger partial charge in [0.05, 0.1) is 31.4 Å². The number of methoxy groups -OCH3 is 1. The van der Waals surface area contributed by atoms with Crippen LogP contribution < -0.4 is 10.1 Å². The molecule has 90 valence electrons. The minimum absolute atomic E-state index is 0.333. The summed E-state index contributed by atoms with van der Waals surface area (Å²) in [6.45, 7) is 4.00. The molecule has 0 fully saturated rings. The Labute approximate surface area is 100 Å². The van der Waals surface area contributed by atoms with E-state index in [1.54, 1.807) is 31.0 Å². The lowest BCUT2D eigenvalue weighted by atomic mass is 10.5. The summed E-state index contributed by atoms with van der Waals surface area (Å²) in [6, 6.07) is 0.333. The number of rotatable bonds is 3. The van der Waals surface area contributed by atoms with Crippen LogP contribution in [0.3, 0.4) is 0 Å². The first-order valence-corrected chi connectivity index (χ1v) is 5.27. The van der Waals surface area contributed by atoms with Crippen LogP contribution in [0.25, 0.3) is 0 Å². The van der Waals surface area contributed by atoms with Crippen molar-refractivity contribution in [3.63, 3.8) is 0 Å². The van der Waals surface area contributed by atoms with Gasteiger partial charge in [-0.15, -0.1) is 0 Å². The van der Waals surface area contributed by atoms with Gasteiger partial charge in [0.25, 0.3) is 0 Å². The second kappa shape index (κ2) is 7.10. The van der Waals surface area contributed by atoms with Crippen molar-refractivity contribution in [1.29, 1.82) is 0 Å². The predicted octanol–water partition coefficient (Wildman–Crippen LogP) is 2.04. The number of aromatic nitrogens is 4. The third kappa shape index (κ3) is 4.02. The quantitative estimate of drug-likeness (QED) is 0.874. The van der Waals surface area contributed by atoms with E-state index in [1.165, 1.54) is 7.11 Å². The zero-order chi connectivity index (χ0) is 12.5. The molecule has 0 spiro atoms. The summed E-state index contributed by atoms with van der Waals surface area (Å²) >= 11 is 0. The lowest BCUT2D eigenvalue weighted by molar-refractivity contribution is 0.380. The van der Waals surface area contributed by atoms with Crippen LogP contribution in [0.15, 0.2) is 31.0 Å². The van der Waals surface area contributed by atoms with Gasteiger partial charge in [-0.1, -0.05) is 13.8 Å². The highest BCUT2D eigenvalue weighted by molar-refractivity contribution is 5.52. The molecule has 0 saturated carbocycles. The van der Waals surface area contributed by atoms with Crippen molar-refractivity contribution < 1.29 is 4.74 Å². The zero-order valence-electron chi connectivity index (χ0n) is 10.1. The molecule has 0 aliphatic heterocycles. The molecule has 0 atom stereocenters. The molecule has 2 rings (SSSR count). The van der Waals surface area contributed by atoms with Gasteiger partial charge in [-0.25, -0.2) is 15.0 Å². The van der Waals surface area contributed by atoms with E-state index in [2.05, 4.69) is 25.3 Å². The molecule has 6 nitrogen and oxygen atoms in total. The summed E-state index contributed by atoms with van der Waals surface area (Å²) in [5, 5.41) is 3.00. The van der Waals surface area contributed by atoms with Crippen LogP contribution in [0.4, 0.5) is 11.5 Å². The minimum atomic E-state index is 0.333. The summed E-state index contributed by atoms with van der Waals surface area (Å²) in [4.78, 5) is 15.9. The molecule has 0 saturated heterocycles. The molecule has 0 bridgehead atoms. The van der Waals surface area contributed by atoms with Crippen molar-refractivity contribution in [3.8, 4) is 6.01 Å². The first-order valence-electron chi connectivity index (χ1n) is 5.27. The summed E-state index contributed by atoms with van der Waals surface area (Å²) in [6.07, 6.45) is 8.05. The predicted molar refractivity (Wildman–Crippen MR) is 65.2 cm³/mol. The van der Waals surface area contributed by atoms with Gasteiger partial charge in [0, 0.05) is 12.4 Å². The monoisotopic (exact) mass is 233 g/mol. The Morgan fingerprint density at radius 1 is 1.00 bits per heavy atom. The Hall–Kier alpha value is -2.24. The van der Waals surface area contributed by atoms with Crippen molar-refractivity contribution in [2.24, 2.45) is 0 Å². The largest absolute Gasteiger partial charge is 0.467 e. The van der Waals surface area contributed by atoms with Crippen LogP contribution in [0.5, 0.6) is 6.01 Å². The molecule has 2 heterocycles. The molecule has 0 amide bonds. The van der Waals surface area contributed by atoms with Crippen molar-refractivity contribution in [1.82, 2.24) is 19.9 Å². The fraction of sp³-hybridized carbons (Fsp3) is 0.273. The van der Waals surface area contributed by atoms with Gasteiger partial charge < -0.3 is 10.1 Å². The second-order valence-electron chi connectivity index (χ2n) is 2.67. The molecule has 0 radical (unpaired) electrons. The van der Waals surface area contributed by atoms with Crippen molar-refractivity contribution in [2.75, 3.05) is 12.4 Å². The molecule has 17 heavy (non-hydrogen) atoms. The number of hydrogen-bond acceptors (Lipinski definition) is 6. The number of nitrogens with zero attached hydrogens (tertiary/aromatic N) is 4. The first kappa shape index (κ1) is 12.8. The molecule has 2 aromatic rings.